The zero-order valence-electron chi connectivity index (χ0n) is 9.12. The fourth-order valence-corrected chi connectivity index (χ4v) is 1.77. The maximum Gasteiger partial charge on any atom is 0.236 e. The Morgan fingerprint density at radius 3 is 2.50 bits per heavy atom. The van der Waals surface area contributed by atoms with Gasteiger partial charge in [-0.1, -0.05) is 0 Å². The van der Waals surface area contributed by atoms with Crippen molar-refractivity contribution in [2.24, 2.45) is 5.73 Å². The van der Waals surface area contributed by atoms with E-state index in [1.54, 1.807) is 6.92 Å². The third kappa shape index (κ3) is 3.64. The summed E-state index contributed by atoms with van der Waals surface area (Å²) in [5, 5.41) is 2.90. The van der Waals surface area contributed by atoms with E-state index in [0.29, 0.717) is 0 Å². The van der Waals surface area contributed by atoms with Crippen LogP contribution < -0.4 is 11.1 Å². The van der Waals surface area contributed by atoms with Crippen LogP contribution in [-0.4, -0.2) is 42.5 Å². The Hall–Kier alpha value is -0.610. The molecule has 1 amide bonds. The molecule has 3 N–H and O–H groups in total. The minimum absolute atomic E-state index is 0.0586. The number of hydrogen-bond acceptors (Lipinski definition) is 3. The minimum Gasteiger partial charge on any atom is -0.351 e. The van der Waals surface area contributed by atoms with Gasteiger partial charge in [-0.2, -0.15) is 0 Å². The van der Waals surface area contributed by atoms with Crippen molar-refractivity contribution in [2.45, 2.75) is 38.8 Å². The molecule has 4 heteroatoms. The highest BCUT2D eigenvalue weighted by Crippen LogP contribution is 2.07. The molecule has 1 unspecified atom stereocenters. The maximum absolute atomic E-state index is 11.3. The Balaban J connectivity index is 2.20. The SMILES string of the molecule is CC(CN1CCCC1)NC(=O)[C@@H](C)N. The summed E-state index contributed by atoms with van der Waals surface area (Å²) >= 11 is 0. The standard InChI is InChI=1S/C10H21N3O/c1-8(12-10(14)9(2)11)7-13-5-3-4-6-13/h8-9H,3-7,11H2,1-2H3,(H,12,14)/t8?,9-/m1/s1. The van der Waals surface area contributed by atoms with Gasteiger partial charge in [0.05, 0.1) is 6.04 Å². The van der Waals surface area contributed by atoms with E-state index < -0.39 is 6.04 Å². The smallest absolute Gasteiger partial charge is 0.236 e. The molecule has 1 heterocycles. The lowest BCUT2D eigenvalue weighted by Crippen LogP contribution is -2.46. The first-order valence-corrected chi connectivity index (χ1v) is 5.38. The van der Waals surface area contributed by atoms with Gasteiger partial charge in [0.25, 0.3) is 0 Å². The molecule has 0 aromatic heterocycles. The minimum atomic E-state index is -0.406. The van der Waals surface area contributed by atoms with Gasteiger partial charge in [0.1, 0.15) is 0 Å². The van der Waals surface area contributed by atoms with Crippen molar-refractivity contribution in [3.8, 4) is 0 Å². The molecule has 0 radical (unpaired) electrons. The first-order chi connectivity index (χ1) is 6.59. The predicted octanol–water partition coefficient (Wildman–Crippen LogP) is -0.0659. The fraction of sp³-hybridized carbons (Fsp3) is 0.900. The molecule has 1 rings (SSSR count). The summed E-state index contributed by atoms with van der Waals surface area (Å²) in [7, 11) is 0. The number of nitrogens with one attached hydrogen (secondary N) is 1. The maximum atomic E-state index is 11.3. The number of hydrogen-bond donors (Lipinski definition) is 2. The average molecular weight is 199 g/mol. The highest BCUT2D eigenvalue weighted by Gasteiger charge is 2.16. The van der Waals surface area contributed by atoms with Crippen LogP contribution in [0.2, 0.25) is 0 Å². The van der Waals surface area contributed by atoms with Gasteiger partial charge in [-0.15, -0.1) is 0 Å². The quantitative estimate of drug-likeness (QED) is 0.666. The van der Waals surface area contributed by atoms with Gasteiger partial charge in [-0.3, -0.25) is 4.79 Å². The Morgan fingerprint density at radius 2 is 2.00 bits per heavy atom. The molecule has 0 aliphatic carbocycles. The van der Waals surface area contributed by atoms with E-state index in [2.05, 4.69) is 10.2 Å². The van der Waals surface area contributed by atoms with Gasteiger partial charge >= 0.3 is 0 Å². The third-order valence-corrected chi connectivity index (χ3v) is 2.53. The van der Waals surface area contributed by atoms with E-state index in [1.165, 1.54) is 25.9 Å². The molecule has 1 aliphatic rings. The van der Waals surface area contributed by atoms with Crippen molar-refractivity contribution in [1.82, 2.24) is 10.2 Å². The zero-order chi connectivity index (χ0) is 10.6. The Bertz CT molecular complexity index is 188. The number of nitrogens with zero attached hydrogens (tertiary/aromatic N) is 1. The van der Waals surface area contributed by atoms with Crippen molar-refractivity contribution in [2.75, 3.05) is 19.6 Å². The highest BCUT2D eigenvalue weighted by molar-refractivity contribution is 5.81. The van der Waals surface area contributed by atoms with Gasteiger partial charge in [0, 0.05) is 12.6 Å². The van der Waals surface area contributed by atoms with Crippen molar-refractivity contribution < 1.29 is 4.79 Å². The Labute approximate surface area is 85.8 Å². The second-order valence-electron chi connectivity index (χ2n) is 4.21. The molecule has 1 fully saturated rings. The molecular weight excluding hydrogens is 178 g/mol. The average Bonchev–Trinajstić information content (AvgIpc) is 2.56. The largest absolute Gasteiger partial charge is 0.351 e. The van der Waals surface area contributed by atoms with Gasteiger partial charge in [0.15, 0.2) is 0 Å². The molecule has 2 atom stereocenters. The topological polar surface area (TPSA) is 58.4 Å². The lowest BCUT2D eigenvalue weighted by molar-refractivity contribution is -0.122. The summed E-state index contributed by atoms with van der Waals surface area (Å²) in [6, 6.07) is -0.206. The molecule has 1 aliphatic heterocycles. The van der Waals surface area contributed by atoms with E-state index in [1.807, 2.05) is 6.92 Å². The summed E-state index contributed by atoms with van der Waals surface area (Å²) in [4.78, 5) is 13.7. The molecule has 0 aromatic carbocycles. The van der Waals surface area contributed by atoms with Crippen LogP contribution in [0.4, 0.5) is 0 Å². The second kappa shape index (κ2) is 5.32. The van der Waals surface area contributed by atoms with E-state index >= 15 is 0 Å². The van der Waals surface area contributed by atoms with Crippen molar-refractivity contribution >= 4 is 5.91 Å². The van der Waals surface area contributed by atoms with E-state index in [9.17, 15) is 4.79 Å². The van der Waals surface area contributed by atoms with Gasteiger partial charge in [-0.25, -0.2) is 0 Å². The summed E-state index contributed by atoms with van der Waals surface area (Å²) in [5.74, 6) is -0.0586. The van der Waals surface area contributed by atoms with Gasteiger partial charge < -0.3 is 16.0 Å². The predicted molar refractivity (Wildman–Crippen MR) is 56.9 cm³/mol. The second-order valence-corrected chi connectivity index (χ2v) is 4.21. The van der Waals surface area contributed by atoms with Crippen LogP contribution in [0.3, 0.4) is 0 Å². The molecule has 0 bridgehead atoms. The number of nitrogens with two attached hydrogens (primary N) is 1. The summed E-state index contributed by atoms with van der Waals surface area (Å²) < 4.78 is 0. The number of likely N-dealkylation sites (tertiary alicyclic amines) is 1. The summed E-state index contributed by atoms with van der Waals surface area (Å²) in [6.07, 6.45) is 2.57. The molecule has 14 heavy (non-hydrogen) atoms. The highest BCUT2D eigenvalue weighted by atomic mass is 16.2. The van der Waals surface area contributed by atoms with Crippen molar-refractivity contribution in [3.05, 3.63) is 0 Å². The van der Waals surface area contributed by atoms with Crippen molar-refractivity contribution in [3.63, 3.8) is 0 Å². The van der Waals surface area contributed by atoms with Gasteiger partial charge in [0.2, 0.25) is 5.91 Å². The van der Waals surface area contributed by atoms with Crippen LogP contribution in [0.1, 0.15) is 26.7 Å². The van der Waals surface area contributed by atoms with Crippen LogP contribution in [0, 0.1) is 0 Å². The van der Waals surface area contributed by atoms with Crippen molar-refractivity contribution in [1.29, 1.82) is 0 Å². The monoisotopic (exact) mass is 199 g/mol. The molecule has 4 nitrogen and oxygen atoms in total. The first kappa shape index (κ1) is 11.5. The van der Waals surface area contributed by atoms with E-state index in [0.717, 1.165) is 6.54 Å². The van der Waals surface area contributed by atoms with Gasteiger partial charge in [-0.05, 0) is 39.8 Å². The molecule has 0 saturated carbocycles. The third-order valence-electron chi connectivity index (χ3n) is 2.53. The number of amides is 1. The summed E-state index contributed by atoms with van der Waals surface area (Å²) in [6.45, 7) is 7.01. The lowest BCUT2D eigenvalue weighted by Gasteiger charge is -2.21. The van der Waals surface area contributed by atoms with Crippen LogP contribution in [0.5, 0.6) is 0 Å². The van der Waals surface area contributed by atoms with Crippen LogP contribution in [0.25, 0.3) is 0 Å². The van der Waals surface area contributed by atoms with E-state index in [4.69, 9.17) is 5.73 Å². The molecule has 82 valence electrons. The van der Waals surface area contributed by atoms with Crippen LogP contribution >= 0.6 is 0 Å². The normalized spacial score (nSPS) is 21.9. The molecule has 0 spiro atoms. The first-order valence-electron chi connectivity index (χ1n) is 5.38. The molecule has 1 saturated heterocycles. The summed E-state index contributed by atoms with van der Waals surface area (Å²) in [5.41, 5.74) is 5.47. The number of rotatable bonds is 4. The van der Waals surface area contributed by atoms with Crippen LogP contribution in [0.15, 0.2) is 0 Å². The molecular formula is C10H21N3O. The zero-order valence-corrected chi connectivity index (χ0v) is 9.12. The van der Waals surface area contributed by atoms with E-state index in [-0.39, 0.29) is 11.9 Å². The van der Waals surface area contributed by atoms with Crippen LogP contribution in [-0.2, 0) is 4.79 Å². The number of carbonyl (C=O) groups excluding carboxylic acids is 1. The fourth-order valence-electron chi connectivity index (χ4n) is 1.77. The Morgan fingerprint density at radius 1 is 1.43 bits per heavy atom. The molecule has 0 aromatic rings. The number of carbonyl (C=O) groups is 1. The Kier molecular flexibility index (Phi) is 4.35. The lowest BCUT2D eigenvalue weighted by atomic mass is 10.2.